The van der Waals surface area contributed by atoms with Crippen molar-refractivity contribution in [3.63, 3.8) is 0 Å². The topological polar surface area (TPSA) is 32.3 Å². The molecule has 1 atom stereocenters. The Morgan fingerprint density at radius 2 is 2.23 bits per heavy atom. The SMILES string of the molecule is C=CC(=O)NCC(C)N1CCCC1. The molecule has 0 radical (unpaired) electrons. The van der Waals surface area contributed by atoms with Crippen molar-refractivity contribution in [2.45, 2.75) is 25.8 Å². The smallest absolute Gasteiger partial charge is 0.243 e. The van der Waals surface area contributed by atoms with E-state index in [-0.39, 0.29) is 5.91 Å². The summed E-state index contributed by atoms with van der Waals surface area (Å²) in [5.74, 6) is -0.0777. The molecule has 1 saturated heterocycles. The van der Waals surface area contributed by atoms with E-state index in [4.69, 9.17) is 0 Å². The quantitative estimate of drug-likeness (QED) is 0.651. The molecule has 1 N–H and O–H groups in total. The van der Waals surface area contributed by atoms with Crippen LogP contribution < -0.4 is 5.32 Å². The van der Waals surface area contributed by atoms with E-state index < -0.39 is 0 Å². The third kappa shape index (κ3) is 3.19. The van der Waals surface area contributed by atoms with Gasteiger partial charge >= 0.3 is 0 Å². The van der Waals surface area contributed by atoms with Gasteiger partial charge in [-0.2, -0.15) is 0 Å². The Morgan fingerprint density at radius 1 is 1.62 bits per heavy atom. The number of rotatable bonds is 4. The molecule has 0 aromatic carbocycles. The van der Waals surface area contributed by atoms with Crippen LogP contribution in [0.2, 0.25) is 0 Å². The normalized spacial score (nSPS) is 19.8. The van der Waals surface area contributed by atoms with E-state index in [2.05, 4.69) is 23.7 Å². The van der Waals surface area contributed by atoms with Gasteiger partial charge in [-0.25, -0.2) is 0 Å². The zero-order chi connectivity index (χ0) is 9.68. The van der Waals surface area contributed by atoms with Gasteiger partial charge in [-0.3, -0.25) is 9.69 Å². The molecule has 0 saturated carbocycles. The van der Waals surface area contributed by atoms with Crippen molar-refractivity contribution in [1.82, 2.24) is 10.2 Å². The number of nitrogens with one attached hydrogen (secondary N) is 1. The van der Waals surface area contributed by atoms with E-state index >= 15 is 0 Å². The maximum absolute atomic E-state index is 10.9. The van der Waals surface area contributed by atoms with Crippen LogP contribution in [0.1, 0.15) is 19.8 Å². The largest absolute Gasteiger partial charge is 0.351 e. The zero-order valence-electron chi connectivity index (χ0n) is 8.25. The summed E-state index contributed by atoms with van der Waals surface area (Å²) in [5, 5.41) is 2.81. The first-order valence-electron chi connectivity index (χ1n) is 4.88. The Hall–Kier alpha value is -0.830. The lowest BCUT2D eigenvalue weighted by Gasteiger charge is -2.23. The van der Waals surface area contributed by atoms with Crippen LogP contribution in [-0.4, -0.2) is 36.5 Å². The fourth-order valence-electron chi connectivity index (χ4n) is 1.63. The molecule has 1 fully saturated rings. The van der Waals surface area contributed by atoms with E-state index in [0.29, 0.717) is 6.04 Å². The number of nitrogens with zero attached hydrogens (tertiary/aromatic N) is 1. The van der Waals surface area contributed by atoms with Crippen molar-refractivity contribution < 1.29 is 4.79 Å². The predicted octanol–water partition coefficient (Wildman–Crippen LogP) is 0.773. The molecule has 13 heavy (non-hydrogen) atoms. The molecule has 1 rings (SSSR count). The highest BCUT2D eigenvalue weighted by Gasteiger charge is 2.17. The lowest BCUT2D eigenvalue weighted by Crippen LogP contribution is -2.40. The summed E-state index contributed by atoms with van der Waals surface area (Å²) >= 11 is 0. The van der Waals surface area contributed by atoms with E-state index in [1.54, 1.807) is 0 Å². The molecule has 1 unspecified atom stereocenters. The van der Waals surface area contributed by atoms with E-state index in [9.17, 15) is 4.79 Å². The summed E-state index contributed by atoms with van der Waals surface area (Å²) in [4.78, 5) is 13.3. The maximum atomic E-state index is 10.9. The highest BCUT2D eigenvalue weighted by molar-refractivity contribution is 5.86. The van der Waals surface area contributed by atoms with Gasteiger partial charge < -0.3 is 5.32 Å². The highest BCUT2D eigenvalue weighted by Crippen LogP contribution is 2.10. The van der Waals surface area contributed by atoms with Gasteiger partial charge in [0.25, 0.3) is 0 Å². The van der Waals surface area contributed by atoms with Crippen LogP contribution >= 0.6 is 0 Å². The predicted molar refractivity (Wildman–Crippen MR) is 53.5 cm³/mol. The van der Waals surface area contributed by atoms with Gasteiger partial charge in [0.05, 0.1) is 0 Å². The average molecular weight is 182 g/mol. The Bertz CT molecular complexity index is 185. The number of carbonyl (C=O) groups excluding carboxylic acids is 1. The fourth-order valence-corrected chi connectivity index (χ4v) is 1.63. The molecule has 1 aliphatic rings. The van der Waals surface area contributed by atoms with Crippen LogP contribution in [-0.2, 0) is 4.79 Å². The highest BCUT2D eigenvalue weighted by atomic mass is 16.1. The van der Waals surface area contributed by atoms with Gasteiger partial charge in [-0.1, -0.05) is 6.58 Å². The molecule has 0 aromatic heterocycles. The first kappa shape index (κ1) is 10.3. The molecular weight excluding hydrogens is 164 g/mol. The summed E-state index contributed by atoms with van der Waals surface area (Å²) in [6, 6.07) is 0.450. The molecule has 0 bridgehead atoms. The Kier molecular flexibility index (Phi) is 3.96. The van der Waals surface area contributed by atoms with E-state index in [1.165, 1.54) is 32.0 Å². The van der Waals surface area contributed by atoms with Gasteiger partial charge in [0.1, 0.15) is 0 Å². The van der Waals surface area contributed by atoms with Gasteiger partial charge in [0, 0.05) is 12.6 Å². The summed E-state index contributed by atoms with van der Waals surface area (Å²) in [6.45, 7) is 8.63. The van der Waals surface area contributed by atoms with Gasteiger partial charge in [0.15, 0.2) is 0 Å². The van der Waals surface area contributed by atoms with Crippen LogP contribution in [0.15, 0.2) is 12.7 Å². The molecule has 1 amide bonds. The average Bonchev–Trinajstić information content (AvgIpc) is 2.66. The van der Waals surface area contributed by atoms with Crippen LogP contribution in [0.25, 0.3) is 0 Å². The molecule has 0 spiro atoms. The van der Waals surface area contributed by atoms with Gasteiger partial charge in [0.2, 0.25) is 5.91 Å². The van der Waals surface area contributed by atoms with E-state index in [1.807, 2.05) is 0 Å². The molecular formula is C10H18N2O. The Morgan fingerprint density at radius 3 is 2.77 bits per heavy atom. The minimum absolute atomic E-state index is 0.0777. The molecule has 3 heteroatoms. The summed E-state index contributed by atoms with van der Waals surface area (Å²) < 4.78 is 0. The number of hydrogen-bond acceptors (Lipinski definition) is 2. The van der Waals surface area contributed by atoms with Crippen LogP contribution in [0.5, 0.6) is 0 Å². The summed E-state index contributed by atoms with van der Waals surface area (Å²) in [6.07, 6.45) is 3.90. The number of hydrogen-bond donors (Lipinski definition) is 1. The minimum atomic E-state index is -0.0777. The van der Waals surface area contributed by atoms with E-state index in [0.717, 1.165) is 6.54 Å². The van der Waals surface area contributed by atoms with Crippen molar-refractivity contribution in [3.05, 3.63) is 12.7 Å². The maximum Gasteiger partial charge on any atom is 0.243 e. The molecule has 1 aliphatic heterocycles. The zero-order valence-corrected chi connectivity index (χ0v) is 8.25. The van der Waals surface area contributed by atoms with Crippen molar-refractivity contribution in [1.29, 1.82) is 0 Å². The lowest BCUT2D eigenvalue weighted by atomic mass is 10.3. The third-order valence-electron chi connectivity index (χ3n) is 2.52. The number of amides is 1. The van der Waals surface area contributed by atoms with Crippen LogP contribution in [0.3, 0.4) is 0 Å². The monoisotopic (exact) mass is 182 g/mol. The first-order valence-corrected chi connectivity index (χ1v) is 4.88. The summed E-state index contributed by atoms with van der Waals surface area (Å²) in [5.41, 5.74) is 0. The minimum Gasteiger partial charge on any atom is -0.351 e. The molecule has 1 heterocycles. The first-order chi connectivity index (χ1) is 6.24. The molecule has 74 valence electrons. The Labute approximate surface area is 79.8 Å². The number of carbonyl (C=O) groups is 1. The van der Waals surface area contributed by atoms with Crippen molar-refractivity contribution >= 4 is 5.91 Å². The molecule has 3 nitrogen and oxygen atoms in total. The van der Waals surface area contributed by atoms with Crippen LogP contribution in [0.4, 0.5) is 0 Å². The molecule has 0 aliphatic carbocycles. The lowest BCUT2D eigenvalue weighted by molar-refractivity contribution is -0.116. The fraction of sp³-hybridized carbons (Fsp3) is 0.700. The summed E-state index contributed by atoms with van der Waals surface area (Å²) in [7, 11) is 0. The second-order valence-electron chi connectivity index (χ2n) is 3.54. The Balaban J connectivity index is 2.19. The van der Waals surface area contributed by atoms with Gasteiger partial charge in [-0.15, -0.1) is 0 Å². The van der Waals surface area contributed by atoms with Crippen molar-refractivity contribution in [2.24, 2.45) is 0 Å². The van der Waals surface area contributed by atoms with Crippen molar-refractivity contribution in [2.75, 3.05) is 19.6 Å². The van der Waals surface area contributed by atoms with Crippen molar-refractivity contribution in [3.8, 4) is 0 Å². The standard InChI is InChI=1S/C10H18N2O/c1-3-10(13)11-8-9(2)12-6-4-5-7-12/h3,9H,1,4-8H2,2H3,(H,11,13). The van der Waals surface area contributed by atoms with Crippen LogP contribution in [0, 0.1) is 0 Å². The second-order valence-corrected chi connectivity index (χ2v) is 3.54. The second kappa shape index (κ2) is 5.02. The number of likely N-dealkylation sites (tertiary alicyclic amines) is 1. The molecule has 0 aromatic rings. The van der Waals surface area contributed by atoms with Gasteiger partial charge in [-0.05, 0) is 38.9 Å². The third-order valence-corrected chi connectivity index (χ3v) is 2.52.